The zero-order chi connectivity index (χ0) is 45.2. The standard InChI is InChI=1S/C59H59N4O.Pt/c1-56(2,3)43-23-18-24-46(32-43)61-38-54(59(10,11)42-21-16-13-17-22-42)62(39-61)47-33-45(58(7,8)9)34-49(36-47)64-48-26-27-50-51-31-41(40-19-14-12-15-20-40)25-28-52(51)63(53(50)37-48)55-35-44(29-30-60-55)57(4,5)6;/h12-35,38-39H,1-11H3;/q-3;. The fourth-order valence-corrected chi connectivity index (χ4v) is 8.65. The molecule has 3 heterocycles. The van der Waals surface area contributed by atoms with Gasteiger partial charge in [-0.25, -0.2) is 4.98 Å². The van der Waals surface area contributed by atoms with Gasteiger partial charge in [-0.2, -0.15) is 6.07 Å². The van der Waals surface area contributed by atoms with E-state index in [1.165, 1.54) is 22.3 Å². The normalized spacial score (nSPS) is 13.6. The molecular formula is C59H59N4OPt-3. The second-order valence-corrected chi connectivity index (χ2v) is 20.8. The first-order chi connectivity index (χ1) is 30.3. The number of aromatic nitrogens is 2. The number of fused-ring (bicyclic) bond motifs is 3. The Labute approximate surface area is 401 Å². The first kappa shape index (κ1) is 45.7. The summed E-state index contributed by atoms with van der Waals surface area (Å²) in [4.78, 5) is 9.50. The molecule has 0 aliphatic carbocycles. The minimum atomic E-state index is -0.355. The molecule has 1 aliphatic rings. The number of hydrogen-bond donors (Lipinski definition) is 0. The molecule has 2 aromatic heterocycles. The van der Waals surface area contributed by atoms with Gasteiger partial charge < -0.3 is 19.1 Å². The van der Waals surface area contributed by atoms with E-state index >= 15 is 0 Å². The Morgan fingerprint density at radius 3 is 1.89 bits per heavy atom. The Bertz CT molecular complexity index is 3030. The SMILES string of the molecule is CC(C)(C)c1cc(Oc2[c-]c3c(cc2)c2cc(-c4ccccc4)ccc2n3-c2cc(C(C)(C)C)ccn2)[c-]c(N2[CH-]N(c3cccc(C(C)(C)C)c3)C=C2C(C)(C)c2ccccc2)c1.[Pt]. The predicted molar refractivity (Wildman–Crippen MR) is 268 cm³/mol. The van der Waals surface area contributed by atoms with Crippen molar-refractivity contribution < 1.29 is 25.8 Å². The maximum Gasteiger partial charge on any atom is 0.135 e. The van der Waals surface area contributed by atoms with Crippen LogP contribution in [-0.4, -0.2) is 9.55 Å². The van der Waals surface area contributed by atoms with Crippen LogP contribution in [0.25, 0.3) is 38.8 Å². The topological polar surface area (TPSA) is 33.5 Å². The van der Waals surface area contributed by atoms with E-state index in [1.54, 1.807) is 0 Å². The molecule has 334 valence electrons. The van der Waals surface area contributed by atoms with Gasteiger partial charge >= 0.3 is 0 Å². The average molecular weight is 1040 g/mol. The summed E-state index contributed by atoms with van der Waals surface area (Å²) in [5, 5.41) is 2.21. The van der Waals surface area contributed by atoms with E-state index in [0.29, 0.717) is 11.5 Å². The third-order valence-corrected chi connectivity index (χ3v) is 12.7. The molecule has 65 heavy (non-hydrogen) atoms. The summed E-state index contributed by atoms with van der Waals surface area (Å²) in [6.07, 6.45) is 4.19. The van der Waals surface area contributed by atoms with Crippen LogP contribution in [0, 0.1) is 18.8 Å². The van der Waals surface area contributed by atoms with Crippen molar-refractivity contribution in [3.05, 3.63) is 199 Å². The molecule has 6 heteroatoms. The number of pyridine rings is 1. The number of nitrogens with zero attached hydrogens (tertiary/aromatic N) is 4. The van der Waals surface area contributed by atoms with E-state index in [9.17, 15) is 0 Å². The van der Waals surface area contributed by atoms with Gasteiger partial charge in [-0.3, -0.25) is 0 Å². The van der Waals surface area contributed by atoms with Crippen LogP contribution in [0.3, 0.4) is 0 Å². The fourth-order valence-electron chi connectivity index (χ4n) is 8.65. The largest absolute Gasteiger partial charge is 0.509 e. The van der Waals surface area contributed by atoms with Crippen molar-refractivity contribution in [3.63, 3.8) is 0 Å². The second-order valence-electron chi connectivity index (χ2n) is 20.8. The molecule has 0 saturated carbocycles. The quantitative estimate of drug-likeness (QED) is 0.142. The molecule has 6 aromatic carbocycles. The molecule has 0 radical (unpaired) electrons. The number of rotatable bonds is 8. The maximum atomic E-state index is 6.93. The summed E-state index contributed by atoms with van der Waals surface area (Å²) < 4.78 is 9.16. The van der Waals surface area contributed by atoms with Crippen molar-refractivity contribution in [3.8, 4) is 28.4 Å². The van der Waals surface area contributed by atoms with Crippen molar-refractivity contribution >= 4 is 33.2 Å². The predicted octanol–water partition coefficient (Wildman–Crippen LogP) is 15.4. The van der Waals surface area contributed by atoms with Gasteiger partial charge in [-0.05, 0) is 86.0 Å². The third-order valence-electron chi connectivity index (χ3n) is 12.7. The average Bonchev–Trinajstić information content (AvgIpc) is 3.87. The van der Waals surface area contributed by atoms with Gasteiger partial charge in [0, 0.05) is 61.1 Å². The number of ether oxygens (including phenoxy) is 1. The van der Waals surface area contributed by atoms with E-state index in [-0.39, 0.29) is 42.7 Å². The fraction of sp³-hybridized carbons (Fsp3) is 0.254. The summed E-state index contributed by atoms with van der Waals surface area (Å²) >= 11 is 0. The molecule has 0 spiro atoms. The molecule has 0 N–H and O–H groups in total. The molecular weight excluding hydrogens is 976 g/mol. The van der Waals surface area contributed by atoms with Crippen LogP contribution < -0.4 is 14.5 Å². The van der Waals surface area contributed by atoms with Gasteiger partial charge in [0.15, 0.2) is 0 Å². The zero-order valence-electron chi connectivity index (χ0n) is 39.5. The van der Waals surface area contributed by atoms with Gasteiger partial charge in [0.05, 0.1) is 0 Å². The molecule has 0 fully saturated rings. The van der Waals surface area contributed by atoms with Crippen molar-refractivity contribution in [1.29, 1.82) is 0 Å². The van der Waals surface area contributed by atoms with Crippen LogP contribution in [-0.2, 0) is 42.7 Å². The first-order valence-corrected chi connectivity index (χ1v) is 22.4. The van der Waals surface area contributed by atoms with Crippen LogP contribution in [0.15, 0.2) is 158 Å². The van der Waals surface area contributed by atoms with Crippen molar-refractivity contribution in [2.24, 2.45) is 0 Å². The Hall–Kier alpha value is -5.90. The molecule has 5 nitrogen and oxygen atoms in total. The van der Waals surface area contributed by atoms with Crippen LogP contribution >= 0.6 is 0 Å². The Morgan fingerprint density at radius 2 is 1.20 bits per heavy atom. The maximum absolute atomic E-state index is 6.93. The molecule has 9 rings (SSSR count). The zero-order valence-corrected chi connectivity index (χ0v) is 41.8. The molecule has 0 bridgehead atoms. The van der Waals surface area contributed by atoms with Crippen molar-refractivity contribution in [1.82, 2.24) is 9.55 Å². The number of anilines is 2. The minimum Gasteiger partial charge on any atom is -0.509 e. The number of allylic oxidation sites excluding steroid dienone is 1. The van der Waals surface area contributed by atoms with Gasteiger partial charge in [-0.1, -0.05) is 167 Å². The summed E-state index contributed by atoms with van der Waals surface area (Å²) in [5.74, 6) is 2.07. The summed E-state index contributed by atoms with van der Waals surface area (Å²) in [5.41, 5.74) is 11.7. The molecule has 8 aromatic rings. The van der Waals surface area contributed by atoms with E-state index < -0.39 is 0 Å². The number of hydrogen-bond acceptors (Lipinski definition) is 4. The molecule has 0 amide bonds. The monoisotopic (exact) mass is 1030 g/mol. The van der Waals surface area contributed by atoms with Gasteiger partial charge in [0.25, 0.3) is 0 Å². The van der Waals surface area contributed by atoms with Crippen molar-refractivity contribution in [2.75, 3.05) is 9.80 Å². The molecule has 1 aliphatic heterocycles. The first-order valence-electron chi connectivity index (χ1n) is 22.4. The minimum absolute atomic E-state index is 0. The van der Waals surface area contributed by atoms with E-state index in [0.717, 1.165) is 55.8 Å². The third kappa shape index (κ3) is 9.05. The van der Waals surface area contributed by atoms with Gasteiger partial charge in [0.1, 0.15) is 5.82 Å². The molecule has 0 atom stereocenters. The van der Waals surface area contributed by atoms with E-state index in [4.69, 9.17) is 9.72 Å². The van der Waals surface area contributed by atoms with Crippen molar-refractivity contribution in [2.45, 2.75) is 97.8 Å². The summed E-state index contributed by atoms with van der Waals surface area (Å²) in [7, 11) is 0. The second kappa shape index (κ2) is 17.1. The molecule has 0 unspecified atom stereocenters. The Morgan fingerprint density at radius 1 is 0.538 bits per heavy atom. The Balaban J connectivity index is 0.00000576. The van der Waals surface area contributed by atoms with E-state index in [2.05, 4.69) is 249 Å². The Kier molecular flexibility index (Phi) is 12.0. The summed E-state index contributed by atoms with van der Waals surface area (Å²) in [6, 6.07) is 57.3. The van der Waals surface area contributed by atoms with Gasteiger partial charge in [0.2, 0.25) is 0 Å². The summed E-state index contributed by atoms with van der Waals surface area (Å²) in [6.45, 7) is 27.0. The van der Waals surface area contributed by atoms with Crippen LogP contribution in [0.1, 0.15) is 98.4 Å². The van der Waals surface area contributed by atoms with Gasteiger partial charge in [-0.15, -0.1) is 53.6 Å². The smallest absolute Gasteiger partial charge is 0.135 e. The van der Waals surface area contributed by atoms with Crippen LogP contribution in [0.2, 0.25) is 0 Å². The van der Waals surface area contributed by atoms with Crippen LogP contribution in [0.5, 0.6) is 11.5 Å². The molecule has 0 saturated heterocycles. The number of benzene rings is 6. The van der Waals surface area contributed by atoms with E-state index in [1.807, 2.05) is 12.3 Å². The van der Waals surface area contributed by atoms with Crippen LogP contribution in [0.4, 0.5) is 11.4 Å².